The Morgan fingerprint density at radius 1 is 1.11 bits per heavy atom. The van der Waals surface area contributed by atoms with E-state index in [1.165, 1.54) is 0 Å². The van der Waals surface area contributed by atoms with E-state index in [-0.39, 0.29) is 11.9 Å². The van der Waals surface area contributed by atoms with Crippen LogP contribution < -0.4 is 0 Å². The average Bonchev–Trinajstić information content (AvgIpc) is 3.14. The maximum absolute atomic E-state index is 12.7. The number of aryl methyl sites for hydroxylation is 1. The number of hydrogen-bond acceptors (Lipinski definition) is 4. The van der Waals surface area contributed by atoms with E-state index < -0.39 is 0 Å². The van der Waals surface area contributed by atoms with E-state index in [0.717, 1.165) is 11.1 Å². The standard InChI is InChI=1S/C21H22ClN3O2/c1-15(2)25(14-16-6-4-3-5-7-16)20(26)13-12-19-23-21(24-27-19)17-8-10-18(22)11-9-17/h3-11,15H,12-14H2,1-2H3. The third-order valence-corrected chi connectivity index (χ3v) is 4.51. The maximum atomic E-state index is 12.7. The Kier molecular flexibility index (Phi) is 6.24. The first-order valence-corrected chi connectivity index (χ1v) is 9.32. The molecule has 0 aliphatic rings. The molecule has 0 fully saturated rings. The predicted molar refractivity (Wildman–Crippen MR) is 105 cm³/mol. The molecule has 6 heteroatoms. The van der Waals surface area contributed by atoms with Gasteiger partial charge in [0.05, 0.1) is 0 Å². The summed E-state index contributed by atoms with van der Waals surface area (Å²) in [5.74, 6) is 1.02. The Labute approximate surface area is 164 Å². The fourth-order valence-electron chi connectivity index (χ4n) is 2.77. The van der Waals surface area contributed by atoms with Crippen molar-refractivity contribution in [3.8, 4) is 11.4 Å². The van der Waals surface area contributed by atoms with Gasteiger partial charge < -0.3 is 9.42 Å². The summed E-state index contributed by atoms with van der Waals surface area (Å²) in [5.41, 5.74) is 1.94. The zero-order valence-electron chi connectivity index (χ0n) is 15.4. The Balaban J connectivity index is 1.61. The second kappa shape index (κ2) is 8.82. The number of rotatable bonds is 7. The van der Waals surface area contributed by atoms with Crippen molar-refractivity contribution in [2.45, 2.75) is 39.3 Å². The van der Waals surface area contributed by atoms with Crippen LogP contribution in [0.4, 0.5) is 0 Å². The summed E-state index contributed by atoms with van der Waals surface area (Å²) in [6.45, 7) is 4.63. The van der Waals surface area contributed by atoms with Crippen LogP contribution in [0.2, 0.25) is 5.02 Å². The van der Waals surface area contributed by atoms with Gasteiger partial charge in [-0.05, 0) is 43.7 Å². The van der Waals surface area contributed by atoms with E-state index in [2.05, 4.69) is 10.1 Å². The molecule has 1 heterocycles. The van der Waals surface area contributed by atoms with Crippen molar-refractivity contribution in [1.82, 2.24) is 15.0 Å². The van der Waals surface area contributed by atoms with Gasteiger partial charge in [0.25, 0.3) is 0 Å². The van der Waals surface area contributed by atoms with Gasteiger partial charge in [-0.15, -0.1) is 0 Å². The Morgan fingerprint density at radius 3 is 2.48 bits per heavy atom. The summed E-state index contributed by atoms with van der Waals surface area (Å²) < 4.78 is 5.29. The molecule has 0 saturated heterocycles. The molecular weight excluding hydrogens is 362 g/mol. The van der Waals surface area contributed by atoms with Crippen molar-refractivity contribution in [2.75, 3.05) is 0 Å². The Bertz CT molecular complexity index is 876. The van der Waals surface area contributed by atoms with E-state index in [9.17, 15) is 4.79 Å². The third-order valence-electron chi connectivity index (χ3n) is 4.26. The van der Waals surface area contributed by atoms with Crippen molar-refractivity contribution in [3.05, 3.63) is 71.1 Å². The molecule has 3 aromatic rings. The highest BCUT2D eigenvalue weighted by Crippen LogP contribution is 2.19. The van der Waals surface area contributed by atoms with Crippen LogP contribution in [0.5, 0.6) is 0 Å². The lowest BCUT2D eigenvalue weighted by atomic mass is 10.1. The maximum Gasteiger partial charge on any atom is 0.227 e. The van der Waals surface area contributed by atoms with E-state index in [4.69, 9.17) is 16.1 Å². The minimum Gasteiger partial charge on any atom is -0.339 e. The minimum absolute atomic E-state index is 0.0695. The minimum atomic E-state index is 0.0695. The highest BCUT2D eigenvalue weighted by molar-refractivity contribution is 6.30. The molecule has 140 valence electrons. The van der Waals surface area contributed by atoms with Gasteiger partial charge in [0.2, 0.25) is 17.6 Å². The molecule has 0 bridgehead atoms. The first-order chi connectivity index (χ1) is 13.0. The molecule has 2 aromatic carbocycles. The normalized spacial score (nSPS) is 11.0. The highest BCUT2D eigenvalue weighted by Gasteiger charge is 2.18. The molecular formula is C21H22ClN3O2. The molecule has 1 amide bonds. The Hall–Kier alpha value is -2.66. The van der Waals surface area contributed by atoms with E-state index >= 15 is 0 Å². The summed E-state index contributed by atoms with van der Waals surface area (Å²) in [5, 5.41) is 4.64. The molecule has 0 saturated carbocycles. The quantitative estimate of drug-likeness (QED) is 0.590. The molecule has 27 heavy (non-hydrogen) atoms. The van der Waals surface area contributed by atoms with E-state index in [1.807, 2.05) is 61.2 Å². The summed E-state index contributed by atoms with van der Waals surface area (Å²) in [4.78, 5) is 18.9. The number of carbonyl (C=O) groups is 1. The fraction of sp³-hybridized carbons (Fsp3) is 0.286. The number of halogens is 1. The second-order valence-corrected chi connectivity index (χ2v) is 7.06. The average molecular weight is 384 g/mol. The first-order valence-electron chi connectivity index (χ1n) is 8.95. The molecule has 0 unspecified atom stereocenters. The largest absolute Gasteiger partial charge is 0.339 e. The molecule has 3 rings (SSSR count). The molecule has 0 aliphatic carbocycles. The van der Waals surface area contributed by atoms with Crippen LogP contribution in [0.25, 0.3) is 11.4 Å². The zero-order valence-corrected chi connectivity index (χ0v) is 16.2. The second-order valence-electron chi connectivity index (χ2n) is 6.62. The molecule has 0 radical (unpaired) electrons. The first kappa shape index (κ1) is 19.1. The molecule has 1 aromatic heterocycles. The highest BCUT2D eigenvalue weighted by atomic mass is 35.5. The van der Waals surface area contributed by atoms with Gasteiger partial charge in [-0.25, -0.2) is 0 Å². The number of hydrogen-bond donors (Lipinski definition) is 0. The molecule has 0 atom stereocenters. The smallest absolute Gasteiger partial charge is 0.227 e. The fourth-order valence-corrected chi connectivity index (χ4v) is 2.89. The number of carbonyl (C=O) groups excluding carboxylic acids is 1. The number of amides is 1. The summed E-state index contributed by atoms with van der Waals surface area (Å²) >= 11 is 5.90. The van der Waals surface area contributed by atoms with Gasteiger partial charge >= 0.3 is 0 Å². The topological polar surface area (TPSA) is 59.2 Å². The summed E-state index contributed by atoms with van der Waals surface area (Å²) in [6.07, 6.45) is 0.741. The lowest BCUT2D eigenvalue weighted by molar-refractivity contribution is -0.133. The van der Waals surface area contributed by atoms with Crippen LogP contribution in [0.1, 0.15) is 31.7 Å². The van der Waals surface area contributed by atoms with Gasteiger partial charge in [-0.2, -0.15) is 4.98 Å². The molecule has 0 aliphatic heterocycles. The van der Waals surface area contributed by atoms with Gasteiger partial charge in [0.15, 0.2) is 0 Å². The predicted octanol–water partition coefficient (Wildman–Crippen LogP) is 4.76. The lowest BCUT2D eigenvalue weighted by Gasteiger charge is -2.26. The van der Waals surface area contributed by atoms with Gasteiger partial charge in [-0.1, -0.05) is 47.1 Å². The van der Waals surface area contributed by atoms with Crippen LogP contribution in [0, 0.1) is 0 Å². The van der Waals surface area contributed by atoms with Gasteiger partial charge in [0, 0.05) is 36.0 Å². The monoisotopic (exact) mass is 383 g/mol. The Morgan fingerprint density at radius 2 is 1.81 bits per heavy atom. The summed E-state index contributed by atoms with van der Waals surface area (Å²) in [7, 11) is 0. The van der Waals surface area contributed by atoms with Gasteiger partial charge in [0.1, 0.15) is 0 Å². The zero-order chi connectivity index (χ0) is 19.2. The van der Waals surface area contributed by atoms with Crippen molar-refractivity contribution in [3.63, 3.8) is 0 Å². The van der Waals surface area contributed by atoms with Crippen molar-refractivity contribution >= 4 is 17.5 Å². The lowest BCUT2D eigenvalue weighted by Crippen LogP contribution is -2.36. The number of benzene rings is 2. The van der Waals surface area contributed by atoms with Crippen LogP contribution in [-0.2, 0) is 17.8 Å². The SMILES string of the molecule is CC(C)N(Cc1ccccc1)C(=O)CCc1nc(-c2ccc(Cl)cc2)no1. The molecule has 5 nitrogen and oxygen atoms in total. The van der Waals surface area contributed by atoms with Crippen molar-refractivity contribution in [1.29, 1.82) is 0 Å². The molecule has 0 spiro atoms. The third kappa shape index (κ3) is 5.17. The van der Waals surface area contributed by atoms with Gasteiger partial charge in [-0.3, -0.25) is 4.79 Å². The summed E-state index contributed by atoms with van der Waals surface area (Å²) in [6, 6.07) is 17.3. The van der Waals surface area contributed by atoms with Crippen LogP contribution in [0.3, 0.4) is 0 Å². The van der Waals surface area contributed by atoms with Crippen molar-refractivity contribution < 1.29 is 9.32 Å². The van der Waals surface area contributed by atoms with E-state index in [1.54, 1.807) is 12.1 Å². The van der Waals surface area contributed by atoms with Crippen LogP contribution in [0.15, 0.2) is 59.1 Å². The van der Waals surface area contributed by atoms with E-state index in [0.29, 0.717) is 36.1 Å². The number of nitrogens with zero attached hydrogens (tertiary/aromatic N) is 3. The van der Waals surface area contributed by atoms with Crippen LogP contribution in [-0.4, -0.2) is 27.0 Å². The number of aromatic nitrogens is 2. The van der Waals surface area contributed by atoms with Crippen molar-refractivity contribution in [2.24, 2.45) is 0 Å². The van der Waals surface area contributed by atoms with Crippen LogP contribution >= 0.6 is 11.6 Å². The molecule has 0 N–H and O–H groups in total.